The molecule has 0 fully saturated rings. The molecular formula is C17H23N3O2S. The summed E-state index contributed by atoms with van der Waals surface area (Å²) in [5.74, 6) is 0.557. The van der Waals surface area contributed by atoms with Crippen molar-refractivity contribution in [3.8, 4) is 0 Å². The Morgan fingerprint density at radius 1 is 1.26 bits per heavy atom. The predicted molar refractivity (Wildman–Crippen MR) is 93.0 cm³/mol. The number of nitrogens with one attached hydrogen (secondary N) is 1. The minimum atomic E-state index is -0.371. The number of carbonyl (C=O) groups excluding carboxylic acids is 1. The summed E-state index contributed by atoms with van der Waals surface area (Å²) in [5, 5.41) is 6.41. The second-order valence-electron chi connectivity index (χ2n) is 5.98. The van der Waals surface area contributed by atoms with E-state index in [0.717, 1.165) is 10.7 Å². The fourth-order valence-corrected chi connectivity index (χ4v) is 2.93. The van der Waals surface area contributed by atoms with Gasteiger partial charge in [0.25, 0.3) is 0 Å². The van der Waals surface area contributed by atoms with E-state index in [9.17, 15) is 4.79 Å². The molecule has 0 radical (unpaired) electrons. The smallest absolute Gasteiger partial charge is 0.342 e. The van der Waals surface area contributed by atoms with Crippen LogP contribution in [0.25, 0.3) is 0 Å². The maximum Gasteiger partial charge on any atom is 0.342 e. The maximum atomic E-state index is 12.2. The van der Waals surface area contributed by atoms with Gasteiger partial charge in [-0.15, -0.1) is 11.3 Å². The molecule has 5 nitrogen and oxygen atoms in total. The lowest BCUT2D eigenvalue weighted by Gasteiger charge is -2.16. The van der Waals surface area contributed by atoms with Gasteiger partial charge in [0.15, 0.2) is 0 Å². The van der Waals surface area contributed by atoms with Gasteiger partial charge in [0.05, 0.1) is 22.8 Å². The molecule has 2 heterocycles. The Balaban J connectivity index is 2.17. The topological polar surface area (TPSA) is 64.1 Å². The molecule has 0 aliphatic rings. The van der Waals surface area contributed by atoms with Gasteiger partial charge < -0.3 is 10.1 Å². The first-order valence-electron chi connectivity index (χ1n) is 7.76. The number of aromatic nitrogens is 2. The van der Waals surface area contributed by atoms with Crippen LogP contribution < -0.4 is 5.32 Å². The normalized spacial score (nSPS) is 12.5. The zero-order valence-electron chi connectivity index (χ0n) is 14.2. The second-order valence-corrected chi connectivity index (χ2v) is 6.87. The van der Waals surface area contributed by atoms with Crippen LogP contribution in [0.1, 0.15) is 67.6 Å². The number of ether oxygens (including phenoxy) is 1. The third-order valence-corrected chi connectivity index (χ3v) is 4.36. The van der Waals surface area contributed by atoms with Gasteiger partial charge in [0.2, 0.25) is 0 Å². The number of nitrogens with zero attached hydrogens (tertiary/aromatic N) is 2. The number of rotatable bonds is 6. The molecule has 23 heavy (non-hydrogen) atoms. The average Bonchev–Trinajstić information content (AvgIpc) is 2.97. The minimum Gasteiger partial charge on any atom is -0.459 e. The van der Waals surface area contributed by atoms with E-state index >= 15 is 0 Å². The van der Waals surface area contributed by atoms with E-state index in [1.165, 1.54) is 0 Å². The first-order valence-corrected chi connectivity index (χ1v) is 8.64. The summed E-state index contributed by atoms with van der Waals surface area (Å²) in [6.07, 6.45) is 1.49. The van der Waals surface area contributed by atoms with E-state index in [4.69, 9.17) is 4.74 Å². The molecule has 0 aliphatic heterocycles. The fourth-order valence-electron chi connectivity index (χ4n) is 2.01. The number of hydrogen-bond donors (Lipinski definition) is 1. The molecule has 0 bridgehead atoms. The number of esters is 1. The van der Waals surface area contributed by atoms with Crippen molar-refractivity contribution in [3.63, 3.8) is 0 Å². The lowest BCUT2D eigenvalue weighted by molar-refractivity contribution is 0.0378. The molecule has 0 spiro atoms. The maximum absolute atomic E-state index is 12.2. The zero-order valence-corrected chi connectivity index (χ0v) is 15.0. The lowest BCUT2D eigenvalue weighted by atomic mass is 10.2. The highest BCUT2D eigenvalue weighted by atomic mass is 32.1. The van der Waals surface area contributed by atoms with Crippen molar-refractivity contribution in [2.75, 3.05) is 5.32 Å². The molecule has 2 aromatic heterocycles. The van der Waals surface area contributed by atoms with Crippen LogP contribution in [0.2, 0.25) is 0 Å². The van der Waals surface area contributed by atoms with Crippen LogP contribution in [0.5, 0.6) is 0 Å². The van der Waals surface area contributed by atoms with Crippen LogP contribution in [0, 0.1) is 0 Å². The molecule has 1 unspecified atom stereocenters. The molecule has 0 aromatic carbocycles. The van der Waals surface area contributed by atoms with E-state index < -0.39 is 0 Å². The number of thiazole rings is 1. The van der Waals surface area contributed by atoms with Crippen molar-refractivity contribution < 1.29 is 9.53 Å². The Bertz CT molecular complexity index is 667. The van der Waals surface area contributed by atoms with Crippen molar-refractivity contribution in [2.45, 2.75) is 52.7 Å². The third-order valence-electron chi connectivity index (χ3n) is 3.20. The number of carbonyl (C=O) groups is 1. The molecule has 0 aliphatic carbocycles. The highest BCUT2D eigenvalue weighted by Gasteiger charge is 2.18. The van der Waals surface area contributed by atoms with Crippen LogP contribution in [-0.2, 0) is 4.74 Å². The first-order chi connectivity index (χ1) is 10.9. The van der Waals surface area contributed by atoms with Gasteiger partial charge in [-0.1, -0.05) is 13.8 Å². The van der Waals surface area contributed by atoms with Crippen molar-refractivity contribution in [1.29, 1.82) is 0 Å². The van der Waals surface area contributed by atoms with E-state index in [1.54, 1.807) is 29.7 Å². The van der Waals surface area contributed by atoms with Gasteiger partial charge in [0, 0.05) is 17.5 Å². The van der Waals surface area contributed by atoms with E-state index in [-0.39, 0.29) is 18.1 Å². The predicted octanol–water partition coefficient (Wildman–Crippen LogP) is 4.40. The summed E-state index contributed by atoms with van der Waals surface area (Å²) >= 11 is 1.65. The largest absolute Gasteiger partial charge is 0.459 e. The summed E-state index contributed by atoms with van der Waals surface area (Å²) < 4.78 is 5.27. The number of hydrogen-bond acceptors (Lipinski definition) is 6. The van der Waals surface area contributed by atoms with Crippen LogP contribution in [0.4, 0.5) is 5.82 Å². The Kier molecular flexibility index (Phi) is 5.71. The summed E-state index contributed by atoms with van der Waals surface area (Å²) in [4.78, 5) is 21.1. The average molecular weight is 333 g/mol. The van der Waals surface area contributed by atoms with Crippen LogP contribution >= 0.6 is 11.3 Å². The van der Waals surface area contributed by atoms with Crippen molar-refractivity contribution in [3.05, 3.63) is 40.0 Å². The summed E-state index contributed by atoms with van der Waals surface area (Å²) in [6.45, 7) is 9.91. The fraction of sp³-hybridized carbons (Fsp3) is 0.471. The van der Waals surface area contributed by atoms with Crippen LogP contribution in [0.15, 0.2) is 23.7 Å². The van der Waals surface area contributed by atoms with E-state index in [2.05, 4.69) is 29.1 Å². The van der Waals surface area contributed by atoms with Gasteiger partial charge in [-0.3, -0.25) is 0 Å². The van der Waals surface area contributed by atoms with Crippen molar-refractivity contribution in [1.82, 2.24) is 9.97 Å². The molecule has 124 valence electrons. The quantitative estimate of drug-likeness (QED) is 0.794. The highest BCUT2D eigenvalue weighted by molar-refractivity contribution is 7.09. The molecule has 1 atom stereocenters. The number of anilines is 1. The van der Waals surface area contributed by atoms with Crippen molar-refractivity contribution >= 4 is 23.1 Å². The standard InChI is InChI=1S/C17H23N3O2S/c1-10(2)16-20-14(9-23-16)12(5)19-15-13(7-6-8-18-15)17(21)22-11(3)4/h6-12H,1-5H3,(H,18,19). The Labute approximate surface area is 141 Å². The Morgan fingerprint density at radius 2 is 2.00 bits per heavy atom. The molecule has 0 saturated carbocycles. The molecule has 6 heteroatoms. The molecule has 0 saturated heterocycles. The summed E-state index contributed by atoms with van der Waals surface area (Å²) in [5.41, 5.74) is 1.39. The Hall–Kier alpha value is -1.95. The Morgan fingerprint density at radius 3 is 2.61 bits per heavy atom. The van der Waals surface area contributed by atoms with Gasteiger partial charge in [-0.25, -0.2) is 14.8 Å². The first kappa shape index (κ1) is 17.4. The zero-order chi connectivity index (χ0) is 17.0. The second kappa shape index (κ2) is 7.55. The van der Waals surface area contributed by atoms with Crippen LogP contribution in [-0.4, -0.2) is 22.0 Å². The highest BCUT2D eigenvalue weighted by Crippen LogP contribution is 2.25. The van der Waals surface area contributed by atoms with Gasteiger partial charge >= 0.3 is 5.97 Å². The van der Waals surface area contributed by atoms with Crippen molar-refractivity contribution in [2.24, 2.45) is 0 Å². The molecule has 1 N–H and O–H groups in total. The van der Waals surface area contributed by atoms with Gasteiger partial charge in [-0.05, 0) is 32.9 Å². The molecular weight excluding hydrogens is 310 g/mol. The molecule has 2 aromatic rings. The molecule has 0 amide bonds. The van der Waals surface area contributed by atoms with Gasteiger partial charge in [0.1, 0.15) is 11.4 Å². The van der Waals surface area contributed by atoms with Crippen LogP contribution in [0.3, 0.4) is 0 Å². The monoisotopic (exact) mass is 333 g/mol. The lowest BCUT2D eigenvalue weighted by Crippen LogP contribution is -2.16. The van der Waals surface area contributed by atoms with E-state index in [1.807, 2.05) is 26.2 Å². The minimum absolute atomic E-state index is 0.0424. The SMILES string of the molecule is CC(C)OC(=O)c1cccnc1NC(C)c1csc(C(C)C)n1. The van der Waals surface area contributed by atoms with E-state index in [0.29, 0.717) is 17.3 Å². The summed E-state index contributed by atoms with van der Waals surface area (Å²) in [6, 6.07) is 3.40. The third kappa shape index (κ3) is 4.51. The molecule has 2 rings (SSSR count). The number of pyridine rings is 1. The van der Waals surface area contributed by atoms with Gasteiger partial charge in [-0.2, -0.15) is 0 Å². The summed E-state index contributed by atoms with van der Waals surface area (Å²) in [7, 11) is 0.